The van der Waals surface area contributed by atoms with Crippen LogP contribution in [0.4, 0.5) is 4.39 Å². The lowest BCUT2D eigenvalue weighted by atomic mass is 9.93. The minimum absolute atomic E-state index is 0.0859. The molecule has 0 aliphatic heterocycles. The molecule has 3 rings (SSSR count). The molecule has 1 aromatic carbocycles. The van der Waals surface area contributed by atoms with Gasteiger partial charge in [-0.1, -0.05) is 18.2 Å². The first-order valence-electron chi connectivity index (χ1n) is 6.43. The Balaban J connectivity index is 1.99. The quantitative estimate of drug-likeness (QED) is 0.900. The highest BCUT2D eigenvalue weighted by molar-refractivity contribution is 5.81. The van der Waals surface area contributed by atoms with Crippen LogP contribution in [0.5, 0.6) is 0 Å². The van der Waals surface area contributed by atoms with Crippen molar-refractivity contribution >= 4 is 10.9 Å². The summed E-state index contributed by atoms with van der Waals surface area (Å²) in [6.07, 6.45) is 2.24. The van der Waals surface area contributed by atoms with Crippen LogP contribution in [0, 0.1) is 5.92 Å². The van der Waals surface area contributed by atoms with Crippen molar-refractivity contribution in [3.05, 3.63) is 30.0 Å². The normalized spacial score (nSPS) is 19.1. The molecule has 1 saturated carbocycles. The van der Waals surface area contributed by atoms with Crippen LogP contribution in [0.15, 0.2) is 24.3 Å². The molecule has 4 heteroatoms. The lowest BCUT2D eigenvalue weighted by Crippen LogP contribution is -2.37. The summed E-state index contributed by atoms with van der Waals surface area (Å²) in [5.74, 6) is 0.128. The number of aromatic nitrogens is 2. The van der Waals surface area contributed by atoms with Gasteiger partial charge in [-0.05, 0) is 24.8 Å². The number of para-hydroxylation sites is 1. The zero-order valence-corrected chi connectivity index (χ0v) is 10.6. The molecule has 0 bridgehead atoms. The van der Waals surface area contributed by atoms with E-state index in [1.165, 1.54) is 0 Å². The van der Waals surface area contributed by atoms with E-state index in [1.807, 2.05) is 36.0 Å². The average molecular weight is 247 g/mol. The topological polar surface area (TPSA) is 43.8 Å². The number of nitrogens with two attached hydrogens (primary N) is 1. The van der Waals surface area contributed by atoms with Gasteiger partial charge in [0.15, 0.2) is 0 Å². The molecule has 0 saturated heterocycles. The van der Waals surface area contributed by atoms with E-state index in [9.17, 15) is 4.39 Å². The third-order valence-corrected chi connectivity index (χ3v) is 3.94. The summed E-state index contributed by atoms with van der Waals surface area (Å²) in [4.78, 5) is 0. The van der Waals surface area contributed by atoms with E-state index in [0.29, 0.717) is 6.42 Å². The Morgan fingerprint density at radius 3 is 2.83 bits per heavy atom. The predicted octanol–water partition coefficient (Wildman–Crippen LogP) is 2.19. The molecule has 3 nitrogen and oxygen atoms in total. The first-order chi connectivity index (χ1) is 8.64. The summed E-state index contributed by atoms with van der Waals surface area (Å²) in [5, 5.41) is 5.49. The van der Waals surface area contributed by atoms with Crippen LogP contribution in [-0.2, 0) is 13.5 Å². The van der Waals surface area contributed by atoms with E-state index in [1.54, 1.807) is 0 Å². The Kier molecular flexibility index (Phi) is 2.63. The molecule has 1 fully saturated rings. The SMILES string of the molecule is Cn1nc(CC(F)(CN)C2CC2)c2ccccc21. The van der Waals surface area contributed by atoms with Crippen molar-refractivity contribution in [2.45, 2.75) is 24.9 Å². The molecular formula is C14H18FN3. The minimum Gasteiger partial charge on any atom is -0.328 e. The number of nitrogens with zero attached hydrogens (tertiary/aromatic N) is 2. The molecule has 1 aliphatic rings. The highest BCUT2D eigenvalue weighted by Gasteiger charge is 2.45. The van der Waals surface area contributed by atoms with Gasteiger partial charge in [-0.15, -0.1) is 0 Å². The fourth-order valence-corrected chi connectivity index (χ4v) is 2.68. The Bertz CT molecular complexity index is 573. The van der Waals surface area contributed by atoms with Gasteiger partial charge >= 0.3 is 0 Å². The number of hydrogen-bond acceptors (Lipinski definition) is 2. The average Bonchev–Trinajstić information content (AvgIpc) is 3.18. The van der Waals surface area contributed by atoms with Crippen molar-refractivity contribution < 1.29 is 4.39 Å². The standard InChI is InChI=1S/C14H18FN3/c1-18-13-5-3-2-4-11(13)12(17-18)8-14(15,9-16)10-6-7-10/h2-5,10H,6-9,16H2,1H3. The van der Waals surface area contributed by atoms with Crippen LogP contribution in [0.3, 0.4) is 0 Å². The van der Waals surface area contributed by atoms with Crippen molar-refractivity contribution in [2.75, 3.05) is 6.54 Å². The maximum Gasteiger partial charge on any atom is 0.131 e. The monoisotopic (exact) mass is 247 g/mol. The second-order valence-electron chi connectivity index (χ2n) is 5.28. The number of hydrogen-bond donors (Lipinski definition) is 1. The number of alkyl halides is 1. The van der Waals surface area contributed by atoms with E-state index < -0.39 is 5.67 Å². The molecule has 0 spiro atoms. The fraction of sp³-hybridized carbons (Fsp3) is 0.500. The third kappa shape index (κ3) is 1.81. The molecule has 1 unspecified atom stereocenters. The Hall–Kier alpha value is -1.42. The number of rotatable bonds is 4. The van der Waals surface area contributed by atoms with Gasteiger partial charge in [-0.25, -0.2) is 4.39 Å². The van der Waals surface area contributed by atoms with Crippen LogP contribution in [0.25, 0.3) is 10.9 Å². The molecule has 2 N–H and O–H groups in total. The van der Waals surface area contributed by atoms with Crippen molar-refractivity contribution in [1.29, 1.82) is 0 Å². The number of benzene rings is 1. The van der Waals surface area contributed by atoms with Gasteiger partial charge in [0.25, 0.3) is 0 Å². The minimum atomic E-state index is -1.28. The van der Waals surface area contributed by atoms with E-state index in [4.69, 9.17) is 5.73 Å². The lowest BCUT2D eigenvalue weighted by Gasteiger charge is -2.22. The van der Waals surface area contributed by atoms with Crippen molar-refractivity contribution in [1.82, 2.24) is 9.78 Å². The molecule has 2 aromatic rings. The highest BCUT2D eigenvalue weighted by Crippen LogP contribution is 2.43. The first kappa shape index (κ1) is 11.7. The summed E-state index contributed by atoms with van der Waals surface area (Å²) in [7, 11) is 1.89. The smallest absolute Gasteiger partial charge is 0.131 e. The Morgan fingerprint density at radius 2 is 2.17 bits per heavy atom. The molecule has 1 aliphatic carbocycles. The van der Waals surface area contributed by atoms with Crippen LogP contribution in [-0.4, -0.2) is 22.0 Å². The molecule has 18 heavy (non-hydrogen) atoms. The van der Waals surface area contributed by atoms with Crippen molar-refractivity contribution in [3.8, 4) is 0 Å². The third-order valence-electron chi connectivity index (χ3n) is 3.94. The van der Waals surface area contributed by atoms with E-state index in [-0.39, 0.29) is 12.5 Å². The van der Waals surface area contributed by atoms with E-state index in [0.717, 1.165) is 29.4 Å². The second-order valence-corrected chi connectivity index (χ2v) is 5.28. The molecular weight excluding hydrogens is 229 g/mol. The van der Waals surface area contributed by atoms with Gasteiger partial charge in [0.1, 0.15) is 5.67 Å². The summed E-state index contributed by atoms with van der Waals surface area (Å²) in [6, 6.07) is 7.94. The van der Waals surface area contributed by atoms with Gasteiger partial charge in [0.05, 0.1) is 11.2 Å². The van der Waals surface area contributed by atoms with Gasteiger partial charge in [-0.2, -0.15) is 5.10 Å². The van der Waals surface area contributed by atoms with Crippen LogP contribution < -0.4 is 5.73 Å². The number of aryl methyl sites for hydroxylation is 1. The molecule has 1 aromatic heterocycles. The Labute approximate surface area is 106 Å². The van der Waals surface area contributed by atoms with Crippen molar-refractivity contribution in [2.24, 2.45) is 18.7 Å². The largest absolute Gasteiger partial charge is 0.328 e. The molecule has 1 heterocycles. The summed E-state index contributed by atoms with van der Waals surface area (Å²) < 4.78 is 16.6. The van der Waals surface area contributed by atoms with E-state index in [2.05, 4.69) is 5.10 Å². The lowest BCUT2D eigenvalue weighted by molar-refractivity contribution is 0.141. The van der Waals surface area contributed by atoms with Crippen LogP contribution in [0.2, 0.25) is 0 Å². The van der Waals surface area contributed by atoms with Gasteiger partial charge in [0.2, 0.25) is 0 Å². The number of fused-ring (bicyclic) bond motifs is 1. The highest BCUT2D eigenvalue weighted by atomic mass is 19.1. The molecule has 96 valence electrons. The maximum atomic E-state index is 14.8. The van der Waals surface area contributed by atoms with E-state index >= 15 is 0 Å². The zero-order chi connectivity index (χ0) is 12.8. The van der Waals surface area contributed by atoms with Crippen molar-refractivity contribution in [3.63, 3.8) is 0 Å². The van der Waals surface area contributed by atoms with Crippen LogP contribution >= 0.6 is 0 Å². The summed E-state index contributed by atoms with van der Waals surface area (Å²) in [6.45, 7) is 0.0859. The fourth-order valence-electron chi connectivity index (χ4n) is 2.68. The molecule has 1 atom stereocenters. The van der Waals surface area contributed by atoms with Gasteiger partial charge < -0.3 is 5.73 Å². The second kappa shape index (κ2) is 4.05. The number of halogens is 1. The van der Waals surface area contributed by atoms with Gasteiger partial charge in [0, 0.05) is 25.4 Å². The first-order valence-corrected chi connectivity index (χ1v) is 6.43. The van der Waals surface area contributed by atoms with Gasteiger partial charge in [-0.3, -0.25) is 4.68 Å². The predicted molar refractivity (Wildman–Crippen MR) is 70.0 cm³/mol. The summed E-state index contributed by atoms with van der Waals surface area (Å²) in [5.41, 5.74) is 6.23. The summed E-state index contributed by atoms with van der Waals surface area (Å²) >= 11 is 0. The Morgan fingerprint density at radius 1 is 1.44 bits per heavy atom. The zero-order valence-electron chi connectivity index (χ0n) is 10.6. The maximum absolute atomic E-state index is 14.8. The molecule has 0 radical (unpaired) electrons. The molecule has 0 amide bonds. The van der Waals surface area contributed by atoms with Crippen LogP contribution in [0.1, 0.15) is 18.5 Å².